The second-order valence-electron chi connectivity index (χ2n) is 6.66. The summed E-state index contributed by atoms with van der Waals surface area (Å²) < 4.78 is 0. The summed E-state index contributed by atoms with van der Waals surface area (Å²) in [5.41, 5.74) is 5.92. The van der Waals surface area contributed by atoms with E-state index in [1.807, 2.05) is 25.8 Å². The second kappa shape index (κ2) is 8.37. The van der Waals surface area contributed by atoms with Crippen molar-refractivity contribution >= 4 is 11.8 Å². The minimum absolute atomic E-state index is 0.0240. The van der Waals surface area contributed by atoms with Crippen molar-refractivity contribution in [3.63, 3.8) is 0 Å². The number of hydrogen-bond donors (Lipinski definition) is 1. The Bertz CT molecular complexity index is 351. The normalized spacial score (nSPS) is 17.6. The van der Waals surface area contributed by atoms with Crippen LogP contribution in [0.25, 0.3) is 0 Å². The Balaban J connectivity index is 2.43. The zero-order valence-corrected chi connectivity index (χ0v) is 14.0. The summed E-state index contributed by atoms with van der Waals surface area (Å²) in [5, 5.41) is 0. The first-order chi connectivity index (χ1) is 9.82. The van der Waals surface area contributed by atoms with Gasteiger partial charge < -0.3 is 15.5 Å². The molecule has 1 aliphatic rings. The first kappa shape index (κ1) is 18.0. The molecule has 0 aromatic heterocycles. The Morgan fingerprint density at radius 2 is 1.67 bits per heavy atom. The highest BCUT2D eigenvalue weighted by molar-refractivity contribution is 5.85. The van der Waals surface area contributed by atoms with Gasteiger partial charge in [0.15, 0.2) is 0 Å². The van der Waals surface area contributed by atoms with Crippen LogP contribution in [0.4, 0.5) is 0 Å². The van der Waals surface area contributed by atoms with Crippen LogP contribution >= 0.6 is 0 Å². The quantitative estimate of drug-likeness (QED) is 0.810. The molecule has 5 nitrogen and oxygen atoms in total. The Morgan fingerprint density at radius 1 is 1.10 bits per heavy atom. The molecule has 0 aromatic rings. The fraction of sp³-hybridized carbons (Fsp3) is 0.875. The number of carbonyl (C=O) groups is 2. The van der Waals surface area contributed by atoms with Crippen molar-refractivity contribution in [3.05, 3.63) is 0 Å². The molecule has 5 heteroatoms. The molecule has 1 aliphatic carbocycles. The topological polar surface area (TPSA) is 66.6 Å². The third kappa shape index (κ3) is 5.65. The first-order valence-electron chi connectivity index (χ1n) is 8.08. The summed E-state index contributed by atoms with van der Waals surface area (Å²) in [7, 11) is 3.54. The van der Waals surface area contributed by atoms with Crippen molar-refractivity contribution < 1.29 is 9.59 Å². The maximum atomic E-state index is 12.3. The number of amides is 2. The lowest BCUT2D eigenvalue weighted by molar-refractivity contribution is -0.140. The Labute approximate surface area is 128 Å². The van der Waals surface area contributed by atoms with Gasteiger partial charge in [0, 0.05) is 32.6 Å². The molecule has 2 amide bonds. The minimum Gasteiger partial charge on any atom is -0.341 e. The van der Waals surface area contributed by atoms with Crippen molar-refractivity contribution in [2.24, 2.45) is 11.7 Å². The highest BCUT2D eigenvalue weighted by atomic mass is 16.2. The van der Waals surface area contributed by atoms with Gasteiger partial charge in [0.2, 0.25) is 11.8 Å². The molecule has 0 spiro atoms. The number of likely N-dealkylation sites (N-methyl/N-ethyl adjacent to an activating group) is 2. The van der Waals surface area contributed by atoms with E-state index in [9.17, 15) is 9.59 Å². The van der Waals surface area contributed by atoms with E-state index < -0.39 is 0 Å². The molecule has 0 aromatic carbocycles. The summed E-state index contributed by atoms with van der Waals surface area (Å²) in [4.78, 5) is 27.7. The first-order valence-corrected chi connectivity index (χ1v) is 8.08. The number of hydrogen-bond acceptors (Lipinski definition) is 3. The minimum atomic E-state index is -0.147. The zero-order chi connectivity index (χ0) is 16.0. The summed E-state index contributed by atoms with van der Waals surface area (Å²) >= 11 is 0. The average molecular weight is 297 g/mol. The van der Waals surface area contributed by atoms with Crippen molar-refractivity contribution in [2.75, 3.05) is 20.6 Å². The zero-order valence-electron chi connectivity index (χ0n) is 14.0. The lowest BCUT2D eigenvalue weighted by Crippen LogP contribution is -2.45. The van der Waals surface area contributed by atoms with E-state index in [0.717, 1.165) is 12.8 Å². The standard InChI is InChI=1S/C16H31N3O2/c1-12(2)14(17)10-15(20)18(3)11-16(21)19(4)13-8-6-5-7-9-13/h12-14H,5-11,17H2,1-4H3. The highest BCUT2D eigenvalue weighted by Crippen LogP contribution is 2.21. The van der Waals surface area contributed by atoms with Gasteiger partial charge in [-0.2, -0.15) is 0 Å². The third-order valence-corrected chi connectivity index (χ3v) is 4.58. The van der Waals surface area contributed by atoms with Gasteiger partial charge in [0.1, 0.15) is 0 Å². The van der Waals surface area contributed by atoms with Crippen LogP contribution in [0.5, 0.6) is 0 Å². The summed E-state index contributed by atoms with van der Waals surface area (Å²) in [6.07, 6.45) is 6.12. The van der Waals surface area contributed by atoms with Gasteiger partial charge >= 0.3 is 0 Å². The van der Waals surface area contributed by atoms with Crippen molar-refractivity contribution in [1.82, 2.24) is 9.80 Å². The highest BCUT2D eigenvalue weighted by Gasteiger charge is 2.24. The molecule has 1 fully saturated rings. The van der Waals surface area contributed by atoms with Crippen molar-refractivity contribution in [3.8, 4) is 0 Å². The molecule has 1 unspecified atom stereocenters. The fourth-order valence-electron chi connectivity index (χ4n) is 2.67. The number of carbonyl (C=O) groups excluding carboxylic acids is 2. The predicted molar refractivity (Wildman–Crippen MR) is 84.7 cm³/mol. The maximum Gasteiger partial charge on any atom is 0.242 e. The maximum absolute atomic E-state index is 12.3. The van der Waals surface area contributed by atoms with E-state index in [2.05, 4.69) is 0 Å². The SMILES string of the molecule is CC(C)C(N)CC(=O)N(C)CC(=O)N(C)C1CCCCC1. The molecule has 2 N–H and O–H groups in total. The molecule has 1 saturated carbocycles. The Morgan fingerprint density at radius 3 is 2.19 bits per heavy atom. The number of rotatable bonds is 6. The Hall–Kier alpha value is -1.10. The van der Waals surface area contributed by atoms with Gasteiger partial charge in [-0.05, 0) is 18.8 Å². The van der Waals surface area contributed by atoms with Gasteiger partial charge in [-0.25, -0.2) is 0 Å². The van der Waals surface area contributed by atoms with E-state index in [1.165, 1.54) is 24.2 Å². The third-order valence-electron chi connectivity index (χ3n) is 4.58. The van der Waals surface area contributed by atoms with Crippen LogP contribution in [0.3, 0.4) is 0 Å². The molecule has 0 heterocycles. The van der Waals surface area contributed by atoms with E-state index in [4.69, 9.17) is 5.73 Å². The van der Waals surface area contributed by atoms with Crippen LogP contribution in [0, 0.1) is 5.92 Å². The fourth-order valence-corrected chi connectivity index (χ4v) is 2.67. The summed E-state index contributed by atoms with van der Waals surface area (Å²) in [5.74, 6) is 0.237. The molecule has 21 heavy (non-hydrogen) atoms. The van der Waals surface area contributed by atoms with Gasteiger partial charge in [0.25, 0.3) is 0 Å². The van der Waals surface area contributed by atoms with Crippen LogP contribution in [0.2, 0.25) is 0 Å². The predicted octanol–water partition coefficient (Wildman–Crippen LogP) is 1.61. The lowest BCUT2D eigenvalue weighted by Gasteiger charge is -2.32. The molecule has 0 bridgehead atoms. The largest absolute Gasteiger partial charge is 0.341 e. The summed E-state index contributed by atoms with van der Waals surface area (Å²) in [6.45, 7) is 4.15. The second-order valence-corrected chi connectivity index (χ2v) is 6.66. The van der Waals surface area contributed by atoms with Crippen LogP contribution in [0.1, 0.15) is 52.4 Å². The molecule has 122 valence electrons. The molecule has 0 aliphatic heterocycles. The van der Waals surface area contributed by atoms with Crippen LogP contribution < -0.4 is 5.73 Å². The van der Waals surface area contributed by atoms with Gasteiger partial charge in [-0.3, -0.25) is 9.59 Å². The average Bonchev–Trinajstić information content (AvgIpc) is 2.46. The number of nitrogens with two attached hydrogens (primary N) is 1. The van der Waals surface area contributed by atoms with Crippen molar-refractivity contribution in [2.45, 2.75) is 64.5 Å². The van der Waals surface area contributed by atoms with Crippen LogP contribution in [0.15, 0.2) is 0 Å². The Kier molecular flexibility index (Phi) is 7.15. The lowest BCUT2D eigenvalue weighted by atomic mass is 9.94. The smallest absolute Gasteiger partial charge is 0.242 e. The monoisotopic (exact) mass is 297 g/mol. The van der Waals surface area contributed by atoms with E-state index in [0.29, 0.717) is 12.5 Å². The van der Waals surface area contributed by atoms with E-state index in [-0.39, 0.29) is 30.3 Å². The number of nitrogens with zero attached hydrogens (tertiary/aromatic N) is 2. The molecule has 1 atom stereocenters. The molecular weight excluding hydrogens is 266 g/mol. The van der Waals surface area contributed by atoms with Crippen LogP contribution in [-0.2, 0) is 9.59 Å². The molecule has 0 saturated heterocycles. The van der Waals surface area contributed by atoms with E-state index >= 15 is 0 Å². The van der Waals surface area contributed by atoms with Crippen molar-refractivity contribution in [1.29, 1.82) is 0 Å². The van der Waals surface area contributed by atoms with Gasteiger partial charge in [-0.15, -0.1) is 0 Å². The van der Waals surface area contributed by atoms with Gasteiger partial charge in [-0.1, -0.05) is 33.1 Å². The summed E-state index contributed by atoms with van der Waals surface area (Å²) in [6, 6.07) is 0.193. The molecular formula is C16H31N3O2. The molecule has 1 rings (SSSR count). The van der Waals surface area contributed by atoms with Gasteiger partial charge in [0.05, 0.1) is 6.54 Å². The molecule has 0 radical (unpaired) electrons. The van der Waals surface area contributed by atoms with Crippen LogP contribution in [-0.4, -0.2) is 54.3 Å². The van der Waals surface area contributed by atoms with E-state index in [1.54, 1.807) is 7.05 Å².